The van der Waals surface area contributed by atoms with Gasteiger partial charge in [0.2, 0.25) is 0 Å². The van der Waals surface area contributed by atoms with E-state index in [0.29, 0.717) is 0 Å². The first-order chi connectivity index (χ1) is 9.22. The molecule has 0 amide bonds. The predicted octanol–water partition coefficient (Wildman–Crippen LogP) is 3.05. The monoisotopic (exact) mass is 273 g/mol. The first-order valence-electron chi connectivity index (χ1n) is 6.65. The van der Waals surface area contributed by atoms with Gasteiger partial charge in [-0.3, -0.25) is 4.90 Å². The lowest BCUT2D eigenvalue weighted by atomic mass is 10.1. The lowest BCUT2D eigenvalue weighted by molar-refractivity contribution is 0.321. The van der Waals surface area contributed by atoms with Crippen molar-refractivity contribution in [1.29, 1.82) is 0 Å². The summed E-state index contributed by atoms with van der Waals surface area (Å²) >= 11 is 1.74. The number of nitrogens with one attached hydrogen (secondary N) is 1. The highest BCUT2D eigenvalue weighted by Gasteiger charge is 2.11. The summed E-state index contributed by atoms with van der Waals surface area (Å²) in [6.45, 7) is 5.11. The second-order valence-corrected chi connectivity index (χ2v) is 6.14. The molecule has 0 saturated carbocycles. The molecule has 19 heavy (non-hydrogen) atoms. The van der Waals surface area contributed by atoms with Crippen molar-refractivity contribution in [3.63, 3.8) is 0 Å². The van der Waals surface area contributed by atoms with E-state index in [1.807, 2.05) is 5.51 Å². The predicted molar refractivity (Wildman–Crippen MR) is 80.7 cm³/mol. The number of nitrogens with zero attached hydrogens (tertiary/aromatic N) is 2. The highest BCUT2D eigenvalue weighted by Crippen LogP contribution is 2.24. The van der Waals surface area contributed by atoms with E-state index in [9.17, 15) is 0 Å². The van der Waals surface area contributed by atoms with Crippen LogP contribution in [0.25, 0.3) is 0 Å². The van der Waals surface area contributed by atoms with Crippen LogP contribution in [0.5, 0.6) is 0 Å². The molecule has 0 atom stereocenters. The first kappa shape index (κ1) is 12.6. The molecule has 0 bridgehead atoms. The number of aromatic nitrogens is 1. The molecule has 4 heteroatoms. The molecule has 3 nitrogen and oxygen atoms in total. The van der Waals surface area contributed by atoms with Gasteiger partial charge in [-0.15, -0.1) is 11.3 Å². The van der Waals surface area contributed by atoms with Crippen LogP contribution in [-0.2, 0) is 19.5 Å². The number of hydrogen-bond acceptors (Lipinski definition) is 4. The fraction of sp³-hybridized carbons (Fsp3) is 0.400. The zero-order valence-electron chi connectivity index (χ0n) is 11.4. The van der Waals surface area contributed by atoms with Gasteiger partial charge in [0.05, 0.1) is 11.2 Å². The Morgan fingerprint density at radius 1 is 1.37 bits per heavy atom. The van der Waals surface area contributed by atoms with Gasteiger partial charge in [-0.1, -0.05) is 12.1 Å². The molecule has 0 saturated heterocycles. The lowest BCUT2D eigenvalue weighted by Gasteiger charge is -2.16. The normalized spacial score (nSPS) is 13.6. The maximum atomic E-state index is 4.31. The zero-order valence-corrected chi connectivity index (χ0v) is 12.3. The van der Waals surface area contributed by atoms with E-state index in [-0.39, 0.29) is 0 Å². The van der Waals surface area contributed by atoms with E-state index in [4.69, 9.17) is 0 Å². The van der Waals surface area contributed by atoms with Gasteiger partial charge in [0.25, 0.3) is 0 Å². The quantitative estimate of drug-likeness (QED) is 0.928. The first-order valence-corrected chi connectivity index (χ1v) is 7.53. The van der Waals surface area contributed by atoms with Crippen LogP contribution in [0.1, 0.15) is 21.7 Å². The fourth-order valence-corrected chi connectivity index (χ4v) is 3.38. The second kappa shape index (κ2) is 5.31. The van der Waals surface area contributed by atoms with Crippen molar-refractivity contribution in [2.24, 2.45) is 0 Å². The van der Waals surface area contributed by atoms with Crippen LogP contribution in [0.15, 0.2) is 23.7 Å². The topological polar surface area (TPSA) is 28.2 Å². The molecule has 0 radical (unpaired) electrons. The number of thiazole rings is 1. The summed E-state index contributed by atoms with van der Waals surface area (Å²) in [5.74, 6) is 0. The van der Waals surface area contributed by atoms with E-state index in [1.165, 1.54) is 21.7 Å². The Kier molecular flexibility index (Phi) is 3.53. The van der Waals surface area contributed by atoms with E-state index in [0.717, 1.165) is 31.7 Å². The molecule has 100 valence electrons. The summed E-state index contributed by atoms with van der Waals surface area (Å²) in [6.07, 6.45) is 1.16. The molecule has 0 unspecified atom stereocenters. The zero-order chi connectivity index (χ0) is 13.2. The molecular weight excluding hydrogens is 254 g/mol. The highest BCUT2D eigenvalue weighted by atomic mass is 32.1. The highest BCUT2D eigenvalue weighted by molar-refractivity contribution is 7.09. The van der Waals surface area contributed by atoms with Crippen molar-refractivity contribution >= 4 is 17.0 Å². The second-order valence-electron chi connectivity index (χ2n) is 5.20. The maximum Gasteiger partial charge on any atom is 0.0798 e. The number of hydrogen-bond donors (Lipinski definition) is 1. The number of aryl methyl sites for hydroxylation is 1. The Labute approximate surface area is 118 Å². The van der Waals surface area contributed by atoms with Crippen molar-refractivity contribution in [2.75, 3.05) is 18.9 Å². The Morgan fingerprint density at radius 2 is 2.26 bits per heavy atom. The van der Waals surface area contributed by atoms with E-state index in [2.05, 4.69) is 47.4 Å². The third-order valence-corrected chi connectivity index (χ3v) is 4.51. The minimum Gasteiger partial charge on any atom is -0.384 e. The lowest BCUT2D eigenvalue weighted by Crippen LogP contribution is -2.17. The Bertz CT molecular complexity index is 577. The molecule has 0 spiro atoms. The summed E-state index contributed by atoms with van der Waals surface area (Å²) < 4.78 is 0. The third kappa shape index (κ3) is 2.80. The van der Waals surface area contributed by atoms with Crippen LogP contribution >= 0.6 is 11.3 Å². The summed E-state index contributed by atoms with van der Waals surface area (Å²) in [4.78, 5) is 8.01. The van der Waals surface area contributed by atoms with Gasteiger partial charge in [-0.25, -0.2) is 4.98 Å². The largest absolute Gasteiger partial charge is 0.384 e. The van der Waals surface area contributed by atoms with Crippen LogP contribution in [-0.4, -0.2) is 23.5 Å². The maximum absolute atomic E-state index is 4.31. The van der Waals surface area contributed by atoms with Gasteiger partial charge >= 0.3 is 0 Å². The summed E-state index contributed by atoms with van der Waals surface area (Å²) in [7, 11) is 2.17. The molecule has 1 aromatic carbocycles. The van der Waals surface area contributed by atoms with E-state index in [1.54, 1.807) is 11.3 Å². The number of rotatable bonds is 4. The van der Waals surface area contributed by atoms with Gasteiger partial charge in [0, 0.05) is 30.2 Å². The Balaban J connectivity index is 1.66. The van der Waals surface area contributed by atoms with Crippen LogP contribution in [0.3, 0.4) is 0 Å². The van der Waals surface area contributed by atoms with Crippen molar-refractivity contribution < 1.29 is 0 Å². The minimum atomic E-state index is 0.973. The fourth-order valence-electron chi connectivity index (χ4n) is 2.53. The van der Waals surface area contributed by atoms with Gasteiger partial charge in [0.1, 0.15) is 0 Å². The smallest absolute Gasteiger partial charge is 0.0798 e. The van der Waals surface area contributed by atoms with Crippen LogP contribution < -0.4 is 5.32 Å². The van der Waals surface area contributed by atoms with E-state index < -0.39 is 0 Å². The van der Waals surface area contributed by atoms with Crippen molar-refractivity contribution in [3.8, 4) is 0 Å². The van der Waals surface area contributed by atoms with Crippen molar-refractivity contribution in [2.45, 2.75) is 26.4 Å². The molecule has 1 aromatic heterocycles. The standard InChI is InChI=1S/C15H19N3S/c1-11-15(19-10-17-11)9-18(2)8-12-3-4-13-5-6-16-14(13)7-12/h3-4,7,10,16H,5-6,8-9H2,1-2H3. The number of fused-ring (bicyclic) bond motifs is 1. The van der Waals surface area contributed by atoms with Crippen LogP contribution in [0, 0.1) is 6.92 Å². The molecule has 2 heterocycles. The average Bonchev–Trinajstić information content (AvgIpc) is 2.98. The van der Waals surface area contributed by atoms with E-state index >= 15 is 0 Å². The molecule has 1 N–H and O–H groups in total. The third-order valence-electron chi connectivity index (χ3n) is 3.59. The molecular formula is C15H19N3S. The van der Waals surface area contributed by atoms with Crippen LogP contribution in [0.2, 0.25) is 0 Å². The van der Waals surface area contributed by atoms with Crippen LogP contribution in [0.4, 0.5) is 5.69 Å². The summed E-state index contributed by atoms with van der Waals surface area (Å²) in [5, 5.41) is 3.44. The molecule has 0 aliphatic carbocycles. The Morgan fingerprint density at radius 3 is 3.05 bits per heavy atom. The SMILES string of the molecule is Cc1ncsc1CN(C)Cc1ccc2c(c1)NCC2. The van der Waals surface area contributed by atoms with Gasteiger partial charge in [0.15, 0.2) is 0 Å². The number of benzene rings is 1. The van der Waals surface area contributed by atoms with Crippen molar-refractivity contribution in [1.82, 2.24) is 9.88 Å². The number of anilines is 1. The average molecular weight is 273 g/mol. The Hall–Kier alpha value is -1.39. The van der Waals surface area contributed by atoms with Gasteiger partial charge in [-0.05, 0) is 37.6 Å². The van der Waals surface area contributed by atoms with Gasteiger partial charge in [-0.2, -0.15) is 0 Å². The molecule has 1 aliphatic rings. The molecule has 0 fully saturated rings. The van der Waals surface area contributed by atoms with Gasteiger partial charge < -0.3 is 5.32 Å². The van der Waals surface area contributed by atoms with Crippen molar-refractivity contribution in [3.05, 3.63) is 45.4 Å². The molecule has 1 aliphatic heterocycles. The molecule has 2 aromatic rings. The minimum absolute atomic E-state index is 0.973. The summed E-state index contributed by atoms with van der Waals surface area (Å²) in [5.41, 5.74) is 7.23. The molecule has 3 rings (SSSR count). The summed E-state index contributed by atoms with van der Waals surface area (Å²) in [6, 6.07) is 6.80.